The van der Waals surface area contributed by atoms with E-state index in [0.717, 1.165) is 0 Å². The Morgan fingerprint density at radius 1 is 1.27 bits per heavy atom. The molecule has 0 saturated carbocycles. The second kappa shape index (κ2) is 5.73. The summed E-state index contributed by atoms with van der Waals surface area (Å²) in [6.45, 7) is 3.29. The maximum atomic E-state index is 13.2. The summed E-state index contributed by atoms with van der Waals surface area (Å²) < 4.78 is 66.4. The van der Waals surface area contributed by atoms with Crippen LogP contribution in [0.4, 0.5) is 22.0 Å². The molecule has 1 rings (SSSR count). The highest BCUT2D eigenvalue weighted by atomic mass is 19.4. The van der Waals surface area contributed by atoms with Crippen LogP contribution in [0, 0.1) is 0 Å². The fourth-order valence-electron chi connectivity index (χ4n) is 1.23. The number of hydrogen-bond donors (Lipinski definition) is 0. The SMILES string of the molecule is C=C(C)C(=O)OCn1c(=O)ccn(C(F)(F)C(F)(F)F)c1=O. The van der Waals surface area contributed by atoms with Gasteiger partial charge in [0.15, 0.2) is 6.73 Å². The van der Waals surface area contributed by atoms with Gasteiger partial charge in [0.2, 0.25) is 0 Å². The van der Waals surface area contributed by atoms with Gasteiger partial charge in [0.1, 0.15) is 0 Å². The Kier molecular flexibility index (Phi) is 4.58. The number of nitrogens with zero attached hydrogens (tertiary/aromatic N) is 2. The minimum atomic E-state index is -6.05. The third-order valence-corrected chi connectivity index (χ3v) is 2.39. The van der Waals surface area contributed by atoms with E-state index in [2.05, 4.69) is 11.3 Å². The van der Waals surface area contributed by atoms with Crippen molar-refractivity contribution in [3.63, 3.8) is 0 Å². The van der Waals surface area contributed by atoms with Crippen molar-refractivity contribution in [1.82, 2.24) is 9.13 Å². The molecule has 6 nitrogen and oxygen atoms in total. The monoisotopic (exact) mass is 328 g/mol. The van der Waals surface area contributed by atoms with Crippen LogP contribution in [0.5, 0.6) is 0 Å². The summed E-state index contributed by atoms with van der Waals surface area (Å²) in [7, 11) is 0. The van der Waals surface area contributed by atoms with E-state index in [1.54, 1.807) is 0 Å². The van der Waals surface area contributed by atoms with E-state index in [9.17, 15) is 36.3 Å². The van der Waals surface area contributed by atoms with E-state index < -0.39 is 40.7 Å². The van der Waals surface area contributed by atoms with Crippen LogP contribution in [0.2, 0.25) is 0 Å². The molecule has 0 aliphatic carbocycles. The van der Waals surface area contributed by atoms with Crippen LogP contribution in [-0.4, -0.2) is 21.3 Å². The molecule has 1 aromatic heterocycles. The van der Waals surface area contributed by atoms with E-state index in [1.807, 2.05) is 0 Å². The van der Waals surface area contributed by atoms with Gasteiger partial charge in [0.05, 0.1) is 0 Å². The second-order valence-corrected chi connectivity index (χ2v) is 4.11. The predicted octanol–water partition coefficient (Wildman–Crippen LogP) is 1.20. The number of carbonyl (C=O) groups excluding carboxylic acids is 1. The Labute approximate surface area is 119 Å². The number of esters is 1. The number of carbonyl (C=O) groups is 1. The Hall–Kier alpha value is -2.46. The maximum absolute atomic E-state index is 13.2. The van der Waals surface area contributed by atoms with Crippen LogP contribution in [-0.2, 0) is 22.3 Å². The van der Waals surface area contributed by atoms with Gasteiger partial charge in [-0.15, -0.1) is 0 Å². The van der Waals surface area contributed by atoms with E-state index in [0.29, 0.717) is 6.07 Å². The lowest BCUT2D eigenvalue weighted by atomic mass is 10.4. The number of hydrogen-bond acceptors (Lipinski definition) is 4. The van der Waals surface area contributed by atoms with Crippen molar-refractivity contribution in [2.24, 2.45) is 0 Å². The van der Waals surface area contributed by atoms with Gasteiger partial charge in [-0.25, -0.2) is 18.7 Å². The van der Waals surface area contributed by atoms with Gasteiger partial charge in [-0.05, 0) is 6.92 Å². The molecule has 22 heavy (non-hydrogen) atoms. The molecule has 0 saturated heterocycles. The van der Waals surface area contributed by atoms with Crippen LogP contribution in [0.3, 0.4) is 0 Å². The minimum absolute atomic E-state index is 0.00916. The summed E-state index contributed by atoms with van der Waals surface area (Å²) in [4.78, 5) is 34.1. The van der Waals surface area contributed by atoms with E-state index in [1.165, 1.54) is 6.92 Å². The third kappa shape index (κ3) is 3.23. The summed E-state index contributed by atoms with van der Waals surface area (Å²) in [5.41, 5.74) is -3.32. The van der Waals surface area contributed by atoms with E-state index in [4.69, 9.17) is 0 Å². The average Bonchev–Trinajstić information content (AvgIpc) is 2.36. The fourth-order valence-corrected chi connectivity index (χ4v) is 1.23. The summed E-state index contributed by atoms with van der Waals surface area (Å²) in [6.07, 6.45) is -6.04. The Morgan fingerprint density at radius 2 is 1.82 bits per heavy atom. The lowest BCUT2D eigenvalue weighted by Gasteiger charge is -2.21. The summed E-state index contributed by atoms with van der Waals surface area (Å²) >= 11 is 0. The largest absolute Gasteiger partial charge is 0.475 e. The van der Waals surface area contributed by atoms with Crippen LogP contribution in [0.25, 0.3) is 0 Å². The molecule has 0 spiro atoms. The zero-order valence-corrected chi connectivity index (χ0v) is 11.0. The quantitative estimate of drug-likeness (QED) is 0.473. The van der Waals surface area contributed by atoms with Gasteiger partial charge in [0.25, 0.3) is 5.56 Å². The van der Waals surface area contributed by atoms with Crippen LogP contribution in [0.1, 0.15) is 6.92 Å². The van der Waals surface area contributed by atoms with Gasteiger partial charge in [-0.3, -0.25) is 4.79 Å². The zero-order chi connectivity index (χ0) is 17.3. The molecular formula is C11H9F5N2O4. The second-order valence-electron chi connectivity index (χ2n) is 4.11. The first-order valence-electron chi connectivity index (χ1n) is 5.49. The first-order chi connectivity index (χ1) is 9.89. The number of halogens is 5. The third-order valence-electron chi connectivity index (χ3n) is 2.39. The summed E-state index contributed by atoms with van der Waals surface area (Å²) in [5.74, 6) is -1.05. The molecule has 0 atom stereocenters. The number of ether oxygens (including phenoxy) is 1. The van der Waals surface area contributed by atoms with Crippen molar-refractivity contribution < 1.29 is 31.5 Å². The van der Waals surface area contributed by atoms with Crippen molar-refractivity contribution in [2.75, 3.05) is 0 Å². The lowest BCUT2D eigenvalue weighted by molar-refractivity contribution is -0.326. The van der Waals surface area contributed by atoms with Gasteiger partial charge in [0, 0.05) is 17.8 Å². The molecule has 0 radical (unpaired) electrons. The molecule has 1 heterocycles. The average molecular weight is 328 g/mol. The first kappa shape index (κ1) is 17.6. The molecule has 1 aromatic rings. The normalized spacial score (nSPS) is 12.1. The predicted molar refractivity (Wildman–Crippen MR) is 62.1 cm³/mol. The van der Waals surface area contributed by atoms with Crippen LogP contribution < -0.4 is 11.2 Å². The highest BCUT2D eigenvalue weighted by Crippen LogP contribution is 2.38. The molecular weight excluding hydrogens is 319 g/mol. The zero-order valence-electron chi connectivity index (χ0n) is 11.0. The molecule has 11 heteroatoms. The smallest absolute Gasteiger partial charge is 0.440 e. The molecule has 0 fully saturated rings. The Balaban J connectivity index is 3.31. The molecule has 0 aliphatic rings. The molecule has 0 amide bonds. The van der Waals surface area contributed by atoms with Gasteiger partial charge in [-0.2, -0.15) is 22.0 Å². The standard InChI is InChI=1S/C11H9F5N2O4/c1-6(2)8(20)22-5-17-7(19)3-4-18(9(17)21)11(15,16)10(12,13)14/h3-4H,1,5H2,2H3. The minimum Gasteiger partial charge on any atom is -0.440 e. The summed E-state index contributed by atoms with van der Waals surface area (Å²) in [5, 5.41) is 0. The lowest BCUT2D eigenvalue weighted by Crippen LogP contribution is -2.50. The highest BCUT2D eigenvalue weighted by Gasteiger charge is 2.60. The summed E-state index contributed by atoms with van der Waals surface area (Å²) in [6, 6.07) is -5.21. The molecule has 0 unspecified atom stereocenters. The van der Waals surface area contributed by atoms with Crippen molar-refractivity contribution in [2.45, 2.75) is 25.9 Å². The topological polar surface area (TPSA) is 70.3 Å². The molecule has 0 N–H and O–H groups in total. The van der Waals surface area contributed by atoms with Crippen LogP contribution >= 0.6 is 0 Å². The molecule has 0 aliphatic heterocycles. The number of rotatable bonds is 4. The van der Waals surface area contributed by atoms with Crippen molar-refractivity contribution in [3.05, 3.63) is 45.3 Å². The Bertz CT molecular complexity index is 716. The van der Waals surface area contributed by atoms with Gasteiger partial charge in [-0.1, -0.05) is 6.58 Å². The van der Waals surface area contributed by atoms with Gasteiger partial charge < -0.3 is 4.74 Å². The number of alkyl halides is 5. The maximum Gasteiger partial charge on any atom is 0.475 e. The van der Waals surface area contributed by atoms with Crippen molar-refractivity contribution >= 4 is 5.97 Å². The van der Waals surface area contributed by atoms with Crippen molar-refractivity contribution in [1.29, 1.82) is 0 Å². The molecule has 0 bridgehead atoms. The van der Waals surface area contributed by atoms with E-state index in [-0.39, 0.29) is 16.3 Å². The first-order valence-corrected chi connectivity index (χ1v) is 5.49. The fraction of sp³-hybridized carbons (Fsp3) is 0.364. The van der Waals surface area contributed by atoms with Gasteiger partial charge >= 0.3 is 23.9 Å². The molecule has 0 aromatic carbocycles. The van der Waals surface area contributed by atoms with Crippen LogP contribution in [0.15, 0.2) is 34.0 Å². The highest BCUT2D eigenvalue weighted by molar-refractivity contribution is 5.86. The van der Waals surface area contributed by atoms with E-state index >= 15 is 0 Å². The van der Waals surface area contributed by atoms with Crippen molar-refractivity contribution in [3.8, 4) is 0 Å². The Morgan fingerprint density at radius 3 is 2.27 bits per heavy atom. The molecule has 122 valence electrons. The number of aromatic nitrogens is 2.